The number of nitrogens with zero attached hydrogens (tertiary/aromatic N) is 1. The SMILES string of the molecule is CCCCOP(=O)(OCCCC)N1CCC[C@H]1C(=O)O. The van der Waals surface area contributed by atoms with E-state index in [1.54, 1.807) is 0 Å². The average Bonchev–Trinajstić information content (AvgIpc) is 2.89. The van der Waals surface area contributed by atoms with Crippen LogP contribution in [-0.4, -0.2) is 41.5 Å². The number of carbonyl (C=O) groups is 1. The molecule has 0 saturated carbocycles. The highest BCUT2D eigenvalue weighted by Gasteiger charge is 2.44. The zero-order chi connectivity index (χ0) is 15.0. The lowest BCUT2D eigenvalue weighted by Crippen LogP contribution is -2.35. The van der Waals surface area contributed by atoms with Crippen LogP contribution in [0.5, 0.6) is 0 Å². The van der Waals surface area contributed by atoms with E-state index in [0.717, 1.165) is 25.7 Å². The molecule has 1 atom stereocenters. The molecule has 6 nitrogen and oxygen atoms in total. The van der Waals surface area contributed by atoms with Crippen molar-refractivity contribution in [1.29, 1.82) is 0 Å². The van der Waals surface area contributed by atoms with Crippen molar-refractivity contribution >= 4 is 13.7 Å². The lowest BCUT2D eigenvalue weighted by Gasteiger charge is -2.29. The first kappa shape index (κ1) is 17.6. The van der Waals surface area contributed by atoms with Gasteiger partial charge in [-0.15, -0.1) is 0 Å². The summed E-state index contributed by atoms with van der Waals surface area (Å²) in [4.78, 5) is 11.2. The Kier molecular flexibility index (Phi) is 7.74. The molecular weight excluding hydrogens is 281 g/mol. The van der Waals surface area contributed by atoms with Gasteiger partial charge in [-0.3, -0.25) is 13.8 Å². The first-order valence-corrected chi connectivity index (χ1v) is 8.93. The maximum atomic E-state index is 12.9. The minimum absolute atomic E-state index is 0.336. The van der Waals surface area contributed by atoms with Crippen molar-refractivity contribution in [3.8, 4) is 0 Å². The molecule has 1 aliphatic rings. The van der Waals surface area contributed by atoms with Gasteiger partial charge in [0, 0.05) is 6.54 Å². The summed E-state index contributed by atoms with van der Waals surface area (Å²) in [6.45, 7) is 5.16. The first-order valence-electron chi connectivity index (χ1n) is 7.44. The molecule has 118 valence electrons. The molecule has 0 aromatic carbocycles. The van der Waals surface area contributed by atoms with Gasteiger partial charge in [-0.05, 0) is 25.7 Å². The van der Waals surface area contributed by atoms with Gasteiger partial charge in [0.05, 0.1) is 13.2 Å². The number of hydrogen-bond donors (Lipinski definition) is 1. The van der Waals surface area contributed by atoms with Gasteiger partial charge in [-0.25, -0.2) is 4.57 Å². The van der Waals surface area contributed by atoms with Crippen LogP contribution in [0.2, 0.25) is 0 Å². The molecule has 0 aliphatic carbocycles. The van der Waals surface area contributed by atoms with Gasteiger partial charge < -0.3 is 5.11 Å². The number of carboxylic acids is 1. The minimum Gasteiger partial charge on any atom is -0.480 e. The second kappa shape index (κ2) is 8.78. The fourth-order valence-corrected chi connectivity index (χ4v) is 4.16. The topological polar surface area (TPSA) is 76.1 Å². The van der Waals surface area contributed by atoms with Crippen molar-refractivity contribution in [3.63, 3.8) is 0 Å². The third kappa shape index (κ3) is 4.85. The van der Waals surface area contributed by atoms with E-state index in [-0.39, 0.29) is 0 Å². The molecule has 1 N–H and O–H groups in total. The number of unbranched alkanes of at least 4 members (excludes halogenated alkanes) is 2. The summed E-state index contributed by atoms with van der Waals surface area (Å²) in [5.74, 6) is -0.957. The average molecular weight is 307 g/mol. The van der Waals surface area contributed by atoms with Gasteiger partial charge >= 0.3 is 13.7 Å². The number of carboxylic acid groups (broad SMARTS) is 1. The van der Waals surface area contributed by atoms with E-state index in [2.05, 4.69) is 0 Å². The highest BCUT2D eigenvalue weighted by molar-refractivity contribution is 7.51. The zero-order valence-corrected chi connectivity index (χ0v) is 13.3. The summed E-state index contributed by atoms with van der Waals surface area (Å²) >= 11 is 0. The van der Waals surface area contributed by atoms with E-state index in [1.807, 2.05) is 13.8 Å². The number of rotatable bonds is 10. The molecule has 0 amide bonds. The monoisotopic (exact) mass is 307 g/mol. The predicted molar refractivity (Wildman–Crippen MR) is 76.7 cm³/mol. The Balaban J connectivity index is 2.73. The zero-order valence-electron chi connectivity index (χ0n) is 12.4. The minimum atomic E-state index is -3.48. The fourth-order valence-electron chi connectivity index (χ4n) is 2.13. The molecule has 0 spiro atoms. The molecule has 7 heteroatoms. The molecule has 0 radical (unpaired) electrons. The van der Waals surface area contributed by atoms with Gasteiger partial charge in [-0.1, -0.05) is 26.7 Å². The Bertz CT molecular complexity index is 336. The molecule has 0 aromatic rings. The van der Waals surface area contributed by atoms with E-state index in [4.69, 9.17) is 9.05 Å². The third-order valence-electron chi connectivity index (χ3n) is 3.33. The largest absolute Gasteiger partial charge is 0.480 e. The summed E-state index contributed by atoms with van der Waals surface area (Å²) in [5, 5.41) is 9.22. The molecule has 1 heterocycles. The van der Waals surface area contributed by atoms with Crippen LogP contribution in [0.3, 0.4) is 0 Å². The lowest BCUT2D eigenvalue weighted by molar-refractivity contribution is -0.141. The molecule has 0 aromatic heterocycles. The van der Waals surface area contributed by atoms with Crippen LogP contribution < -0.4 is 0 Å². The Hall–Kier alpha value is -0.420. The lowest BCUT2D eigenvalue weighted by atomic mass is 10.2. The molecule has 0 bridgehead atoms. The standard InChI is InChI=1S/C13H26NO5P/c1-3-5-10-18-20(17,19-11-6-4-2)14-9-7-8-12(14)13(15)16/h12H,3-11H2,1-2H3,(H,15,16)/t12-/m0/s1. The Morgan fingerprint density at radius 3 is 2.25 bits per heavy atom. The van der Waals surface area contributed by atoms with E-state index in [9.17, 15) is 14.5 Å². The van der Waals surface area contributed by atoms with Gasteiger partial charge in [-0.2, -0.15) is 4.67 Å². The van der Waals surface area contributed by atoms with Crippen molar-refractivity contribution in [2.24, 2.45) is 0 Å². The van der Waals surface area contributed by atoms with E-state index in [1.165, 1.54) is 4.67 Å². The van der Waals surface area contributed by atoms with Crippen molar-refractivity contribution in [3.05, 3.63) is 0 Å². The van der Waals surface area contributed by atoms with E-state index < -0.39 is 19.8 Å². The van der Waals surface area contributed by atoms with E-state index >= 15 is 0 Å². The van der Waals surface area contributed by atoms with Crippen molar-refractivity contribution < 1.29 is 23.5 Å². The molecule has 1 rings (SSSR count). The van der Waals surface area contributed by atoms with Crippen LogP contribution in [0.4, 0.5) is 0 Å². The molecule has 1 aliphatic heterocycles. The summed E-state index contributed by atoms with van der Waals surface area (Å²) in [6, 6.07) is -0.760. The molecular formula is C13H26NO5P. The maximum absolute atomic E-state index is 12.9. The Morgan fingerprint density at radius 2 is 1.80 bits per heavy atom. The van der Waals surface area contributed by atoms with Gasteiger partial charge in [0.1, 0.15) is 6.04 Å². The summed E-state index contributed by atoms with van der Waals surface area (Å²) in [7, 11) is -3.48. The van der Waals surface area contributed by atoms with Crippen LogP contribution >= 0.6 is 7.75 Å². The second-order valence-corrected chi connectivity index (χ2v) is 6.97. The molecule has 0 unspecified atom stereocenters. The first-order chi connectivity index (χ1) is 9.55. The molecule has 20 heavy (non-hydrogen) atoms. The smallest absolute Gasteiger partial charge is 0.408 e. The summed E-state index contributed by atoms with van der Waals surface area (Å²) in [5.41, 5.74) is 0. The summed E-state index contributed by atoms with van der Waals surface area (Å²) in [6.07, 6.45) is 4.62. The van der Waals surface area contributed by atoms with Gasteiger partial charge in [0.25, 0.3) is 0 Å². The van der Waals surface area contributed by atoms with Crippen molar-refractivity contribution in [2.75, 3.05) is 19.8 Å². The van der Waals surface area contributed by atoms with Crippen LogP contribution in [0.25, 0.3) is 0 Å². The van der Waals surface area contributed by atoms with Gasteiger partial charge in [0.2, 0.25) is 0 Å². The van der Waals surface area contributed by atoms with Crippen LogP contribution in [0.1, 0.15) is 52.4 Å². The highest BCUT2D eigenvalue weighted by atomic mass is 31.2. The number of aliphatic carboxylic acids is 1. The fraction of sp³-hybridized carbons (Fsp3) is 0.923. The predicted octanol–water partition coefficient (Wildman–Crippen LogP) is 3.28. The summed E-state index contributed by atoms with van der Waals surface area (Å²) < 4.78 is 25.3. The van der Waals surface area contributed by atoms with Crippen LogP contribution in [0.15, 0.2) is 0 Å². The van der Waals surface area contributed by atoms with Crippen LogP contribution in [0, 0.1) is 0 Å². The van der Waals surface area contributed by atoms with E-state index in [0.29, 0.717) is 32.6 Å². The molecule has 1 saturated heterocycles. The van der Waals surface area contributed by atoms with Crippen molar-refractivity contribution in [2.45, 2.75) is 58.4 Å². The Morgan fingerprint density at radius 1 is 1.25 bits per heavy atom. The van der Waals surface area contributed by atoms with Crippen molar-refractivity contribution in [1.82, 2.24) is 4.67 Å². The second-order valence-electron chi connectivity index (χ2n) is 5.00. The van der Waals surface area contributed by atoms with Crippen LogP contribution in [-0.2, 0) is 18.4 Å². The highest BCUT2D eigenvalue weighted by Crippen LogP contribution is 2.55. The normalized spacial score (nSPS) is 20.4. The third-order valence-corrected chi connectivity index (χ3v) is 5.45. The molecule has 1 fully saturated rings. The quantitative estimate of drug-likeness (QED) is 0.493. The Labute approximate surface area is 121 Å². The van der Waals surface area contributed by atoms with Gasteiger partial charge in [0.15, 0.2) is 0 Å². The maximum Gasteiger partial charge on any atom is 0.408 e. The number of hydrogen-bond acceptors (Lipinski definition) is 4.